The minimum absolute atomic E-state index is 0.208. The number of aromatic amines is 1. The van der Waals surface area contributed by atoms with Gasteiger partial charge in [-0.05, 0) is 5.92 Å². The van der Waals surface area contributed by atoms with E-state index in [1.165, 1.54) is 6.20 Å². The molecule has 6 heteroatoms. The Morgan fingerprint density at radius 2 is 2.29 bits per heavy atom. The zero-order valence-corrected chi connectivity index (χ0v) is 10.1. The SMILES string of the molecule is CC(C)c1cc(NC(=O)c2cnn(C)c2)n[nH]1. The van der Waals surface area contributed by atoms with Crippen LogP contribution in [0, 0.1) is 0 Å². The molecule has 0 saturated heterocycles. The number of aromatic nitrogens is 4. The molecular weight excluding hydrogens is 218 g/mol. The molecule has 0 spiro atoms. The van der Waals surface area contributed by atoms with E-state index < -0.39 is 0 Å². The lowest BCUT2D eigenvalue weighted by molar-refractivity contribution is 0.102. The molecule has 0 aliphatic carbocycles. The Hall–Kier alpha value is -2.11. The number of nitrogens with zero attached hydrogens (tertiary/aromatic N) is 3. The number of amides is 1. The first-order valence-electron chi connectivity index (χ1n) is 5.41. The molecule has 0 fully saturated rings. The van der Waals surface area contributed by atoms with Crippen LogP contribution in [0.4, 0.5) is 5.82 Å². The van der Waals surface area contributed by atoms with Gasteiger partial charge in [0.05, 0.1) is 11.8 Å². The van der Waals surface area contributed by atoms with E-state index in [0.717, 1.165) is 5.69 Å². The maximum atomic E-state index is 11.8. The van der Waals surface area contributed by atoms with Crippen molar-refractivity contribution >= 4 is 11.7 Å². The number of aryl methyl sites for hydroxylation is 1. The average Bonchev–Trinajstić information content (AvgIpc) is 2.86. The van der Waals surface area contributed by atoms with Gasteiger partial charge in [-0.25, -0.2) is 0 Å². The number of nitrogens with one attached hydrogen (secondary N) is 2. The Morgan fingerprint density at radius 3 is 2.82 bits per heavy atom. The molecule has 17 heavy (non-hydrogen) atoms. The summed E-state index contributed by atoms with van der Waals surface area (Å²) in [5.41, 5.74) is 1.51. The highest BCUT2D eigenvalue weighted by Crippen LogP contribution is 2.15. The minimum Gasteiger partial charge on any atom is -0.305 e. The summed E-state index contributed by atoms with van der Waals surface area (Å²) in [4.78, 5) is 11.8. The van der Waals surface area contributed by atoms with Gasteiger partial charge in [0, 0.05) is 25.0 Å². The lowest BCUT2D eigenvalue weighted by Crippen LogP contribution is -2.11. The van der Waals surface area contributed by atoms with Crippen LogP contribution in [0.5, 0.6) is 0 Å². The van der Waals surface area contributed by atoms with Gasteiger partial charge in [0.15, 0.2) is 5.82 Å². The fraction of sp³-hybridized carbons (Fsp3) is 0.364. The van der Waals surface area contributed by atoms with E-state index in [0.29, 0.717) is 17.3 Å². The van der Waals surface area contributed by atoms with E-state index in [2.05, 4.69) is 34.5 Å². The van der Waals surface area contributed by atoms with Crippen LogP contribution in [0.1, 0.15) is 35.8 Å². The summed E-state index contributed by atoms with van der Waals surface area (Å²) in [5, 5.41) is 13.6. The lowest BCUT2D eigenvalue weighted by Gasteiger charge is -1.98. The average molecular weight is 233 g/mol. The molecule has 2 heterocycles. The van der Waals surface area contributed by atoms with Crippen molar-refractivity contribution in [2.75, 3.05) is 5.32 Å². The van der Waals surface area contributed by atoms with Crippen molar-refractivity contribution in [3.05, 3.63) is 29.7 Å². The lowest BCUT2D eigenvalue weighted by atomic mass is 10.1. The van der Waals surface area contributed by atoms with Crippen LogP contribution in [0.3, 0.4) is 0 Å². The zero-order valence-electron chi connectivity index (χ0n) is 10.1. The molecule has 2 aromatic heterocycles. The molecule has 0 aliphatic heterocycles. The van der Waals surface area contributed by atoms with Gasteiger partial charge in [-0.15, -0.1) is 0 Å². The number of anilines is 1. The largest absolute Gasteiger partial charge is 0.305 e. The van der Waals surface area contributed by atoms with Crippen LogP contribution in [0.25, 0.3) is 0 Å². The van der Waals surface area contributed by atoms with E-state index >= 15 is 0 Å². The summed E-state index contributed by atoms with van der Waals surface area (Å²) in [5.74, 6) is 0.675. The molecule has 2 N–H and O–H groups in total. The van der Waals surface area contributed by atoms with Crippen molar-refractivity contribution in [3.63, 3.8) is 0 Å². The van der Waals surface area contributed by atoms with E-state index in [4.69, 9.17) is 0 Å². The standard InChI is InChI=1S/C11H15N5O/c1-7(2)9-4-10(15-14-9)13-11(17)8-5-12-16(3)6-8/h4-7H,1-3H3,(H2,13,14,15,17). The highest BCUT2D eigenvalue weighted by molar-refractivity contribution is 6.03. The van der Waals surface area contributed by atoms with E-state index in [-0.39, 0.29) is 5.91 Å². The van der Waals surface area contributed by atoms with Gasteiger partial charge < -0.3 is 5.32 Å². The molecule has 0 radical (unpaired) electrons. The van der Waals surface area contributed by atoms with Gasteiger partial charge in [0.25, 0.3) is 5.91 Å². The minimum atomic E-state index is -0.208. The van der Waals surface area contributed by atoms with E-state index in [1.807, 2.05) is 6.07 Å². The number of H-pyrrole nitrogens is 1. The molecule has 0 bridgehead atoms. The molecule has 0 aromatic carbocycles. The van der Waals surface area contributed by atoms with Crippen LogP contribution in [-0.2, 0) is 7.05 Å². The number of hydrogen-bond acceptors (Lipinski definition) is 3. The number of hydrogen-bond donors (Lipinski definition) is 2. The Morgan fingerprint density at radius 1 is 1.53 bits per heavy atom. The summed E-state index contributed by atoms with van der Waals surface area (Å²) in [7, 11) is 1.77. The summed E-state index contributed by atoms with van der Waals surface area (Å²) < 4.78 is 1.58. The fourth-order valence-corrected chi connectivity index (χ4v) is 1.42. The third-order valence-electron chi connectivity index (χ3n) is 2.43. The molecule has 0 saturated carbocycles. The van der Waals surface area contributed by atoms with Crippen LogP contribution in [0.15, 0.2) is 18.5 Å². The second-order valence-corrected chi connectivity index (χ2v) is 4.22. The van der Waals surface area contributed by atoms with Crippen molar-refractivity contribution in [2.24, 2.45) is 7.05 Å². The maximum absolute atomic E-state index is 11.8. The van der Waals surface area contributed by atoms with Gasteiger partial charge in [-0.1, -0.05) is 13.8 Å². The maximum Gasteiger partial charge on any atom is 0.260 e. The van der Waals surface area contributed by atoms with Crippen LogP contribution < -0.4 is 5.32 Å². The molecule has 0 atom stereocenters. The molecule has 6 nitrogen and oxygen atoms in total. The van der Waals surface area contributed by atoms with Crippen molar-refractivity contribution in [2.45, 2.75) is 19.8 Å². The number of rotatable bonds is 3. The van der Waals surface area contributed by atoms with Crippen LogP contribution in [-0.4, -0.2) is 25.9 Å². The summed E-state index contributed by atoms with van der Waals surface area (Å²) in [6.07, 6.45) is 3.18. The summed E-state index contributed by atoms with van der Waals surface area (Å²) in [6, 6.07) is 1.83. The zero-order chi connectivity index (χ0) is 12.4. The Balaban J connectivity index is 2.07. The van der Waals surface area contributed by atoms with Gasteiger partial charge in [0.1, 0.15) is 0 Å². The number of carbonyl (C=O) groups excluding carboxylic acids is 1. The van der Waals surface area contributed by atoms with E-state index in [1.54, 1.807) is 17.9 Å². The predicted molar refractivity (Wildman–Crippen MR) is 63.8 cm³/mol. The normalized spacial score (nSPS) is 10.8. The summed E-state index contributed by atoms with van der Waals surface area (Å²) >= 11 is 0. The Bertz CT molecular complexity index is 525. The quantitative estimate of drug-likeness (QED) is 0.843. The molecule has 0 aliphatic rings. The number of carbonyl (C=O) groups is 1. The van der Waals surface area contributed by atoms with Crippen molar-refractivity contribution in [1.29, 1.82) is 0 Å². The van der Waals surface area contributed by atoms with Gasteiger partial charge in [-0.2, -0.15) is 10.2 Å². The molecule has 2 rings (SSSR count). The van der Waals surface area contributed by atoms with E-state index in [9.17, 15) is 4.79 Å². The van der Waals surface area contributed by atoms with Crippen molar-refractivity contribution in [3.8, 4) is 0 Å². The second-order valence-electron chi connectivity index (χ2n) is 4.22. The molecule has 0 unspecified atom stereocenters. The smallest absolute Gasteiger partial charge is 0.260 e. The van der Waals surface area contributed by atoms with Gasteiger partial charge >= 0.3 is 0 Å². The first kappa shape index (κ1) is 11.4. The predicted octanol–water partition coefficient (Wildman–Crippen LogP) is 1.52. The van der Waals surface area contributed by atoms with Crippen molar-refractivity contribution < 1.29 is 4.79 Å². The van der Waals surface area contributed by atoms with Gasteiger partial charge in [-0.3, -0.25) is 14.6 Å². The third-order valence-corrected chi connectivity index (χ3v) is 2.43. The molecule has 2 aromatic rings. The summed E-state index contributed by atoms with van der Waals surface area (Å²) in [6.45, 7) is 4.11. The highest BCUT2D eigenvalue weighted by atomic mass is 16.1. The van der Waals surface area contributed by atoms with Crippen LogP contribution >= 0.6 is 0 Å². The Kier molecular flexibility index (Phi) is 2.95. The molecule has 90 valence electrons. The third kappa shape index (κ3) is 2.52. The van der Waals surface area contributed by atoms with Crippen LogP contribution in [0.2, 0.25) is 0 Å². The Labute approximate surface area is 99.0 Å². The molecule has 1 amide bonds. The second kappa shape index (κ2) is 4.40. The van der Waals surface area contributed by atoms with Crippen molar-refractivity contribution in [1.82, 2.24) is 20.0 Å². The highest BCUT2D eigenvalue weighted by Gasteiger charge is 2.11. The van der Waals surface area contributed by atoms with Gasteiger partial charge in [0.2, 0.25) is 0 Å². The topological polar surface area (TPSA) is 75.6 Å². The first-order valence-corrected chi connectivity index (χ1v) is 5.41. The monoisotopic (exact) mass is 233 g/mol. The first-order chi connectivity index (χ1) is 8.06. The fourth-order valence-electron chi connectivity index (χ4n) is 1.42. The molecular formula is C11H15N5O.